The molecule has 2 fully saturated rings. The normalized spacial score (nSPS) is 46.1. The van der Waals surface area contributed by atoms with Crippen LogP contribution in [0.3, 0.4) is 0 Å². The van der Waals surface area contributed by atoms with E-state index in [0.29, 0.717) is 6.04 Å². The van der Waals surface area contributed by atoms with Crippen molar-refractivity contribution in [1.29, 1.82) is 0 Å². The first-order valence-corrected chi connectivity index (χ1v) is 6.68. The maximum Gasteiger partial charge on any atom is 0.0611 e. The van der Waals surface area contributed by atoms with E-state index in [1.54, 1.807) is 0 Å². The van der Waals surface area contributed by atoms with Crippen molar-refractivity contribution in [3.63, 3.8) is 0 Å². The zero-order chi connectivity index (χ0) is 11.8. The summed E-state index contributed by atoms with van der Waals surface area (Å²) in [6.07, 6.45) is 4.39. The fourth-order valence-electron chi connectivity index (χ4n) is 3.29. The van der Waals surface area contributed by atoms with E-state index in [2.05, 4.69) is 18.7 Å². The highest BCUT2D eigenvalue weighted by Gasteiger charge is 2.38. The third-order valence-corrected chi connectivity index (χ3v) is 4.70. The van der Waals surface area contributed by atoms with E-state index >= 15 is 0 Å². The van der Waals surface area contributed by atoms with E-state index in [1.807, 2.05) is 0 Å². The van der Waals surface area contributed by atoms with E-state index < -0.39 is 0 Å². The second-order valence-electron chi connectivity index (χ2n) is 6.18. The van der Waals surface area contributed by atoms with Gasteiger partial charge in [0.1, 0.15) is 0 Å². The highest BCUT2D eigenvalue weighted by molar-refractivity contribution is 4.95. The lowest BCUT2D eigenvalue weighted by Crippen LogP contribution is -2.52. The first-order valence-electron chi connectivity index (χ1n) is 6.68. The molecule has 2 aliphatic rings. The van der Waals surface area contributed by atoms with E-state index in [4.69, 9.17) is 5.73 Å². The molecule has 3 N–H and O–H groups in total. The lowest BCUT2D eigenvalue weighted by Gasteiger charge is -2.40. The second-order valence-corrected chi connectivity index (χ2v) is 6.18. The van der Waals surface area contributed by atoms with Gasteiger partial charge in [-0.05, 0) is 37.5 Å². The summed E-state index contributed by atoms with van der Waals surface area (Å²) in [5.74, 6) is 1.62. The average molecular weight is 226 g/mol. The van der Waals surface area contributed by atoms with Crippen LogP contribution in [-0.4, -0.2) is 41.3 Å². The Hall–Kier alpha value is -0.120. The Balaban J connectivity index is 1.95. The quantitative estimate of drug-likeness (QED) is 0.744. The molecule has 1 aliphatic carbocycles. The molecule has 0 aromatic rings. The predicted molar refractivity (Wildman–Crippen MR) is 66.2 cm³/mol. The predicted octanol–water partition coefficient (Wildman–Crippen LogP) is 1.21. The van der Waals surface area contributed by atoms with Crippen LogP contribution in [0, 0.1) is 11.8 Å². The maximum absolute atomic E-state index is 9.37. The highest BCUT2D eigenvalue weighted by atomic mass is 16.3. The zero-order valence-electron chi connectivity index (χ0n) is 10.7. The maximum atomic E-state index is 9.37. The van der Waals surface area contributed by atoms with E-state index in [-0.39, 0.29) is 12.1 Å². The topological polar surface area (TPSA) is 49.5 Å². The minimum atomic E-state index is -0.308. The van der Waals surface area contributed by atoms with Gasteiger partial charge in [-0.15, -0.1) is 0 Å². The summed E-state index contributed by atoms with van der Waals surface area (Å²) < 4.78 is 0. The number of rotatable bonds is 2. The Kier molecular flexibility index (Phi) is 3.57. The molecule has 1 aliphatic heterocycles. The summed E-state index contributed by atoms with van der Waals surface area (Å²) in [7, 11) is 0. The second kappa shape index (κ2) is 4.63. The molecule has 0 aromatic heterocycles. The van der Waals surface area contributed by atoms with Crippen LogP contribution in [0.25, 0.3) is 0 Å². The number of nitrogens with two attached hydrogens (primary N) is 1. The first-order chi connectivity index (χ1) is 7.54. The summed E-state index contributed by atoms with van der Waals surface area (Å²) in [5.41, 5.74) is 5.90. The molecule has 3 nitrogen and oxygen atoms in total. The number of hydrogen-bond donors (Lipinski definition) is 2. The largest absolute Gasteiger partial charge is 0.394 e. The number of nitrogens with zero attached hydrogens (tertiary/aromatic N) is 1. The average Bonchev–Trinajstić information content (AvgIpc) is 2.60. The van der Waals surface area contributed by atoms with E-state index in [0.717, 1.165) is 24.7 Å². The van der Waals surface area contributed by atoms with Crippen molar-refractivity contribution >= 4 is 0 Å². The van der Waals surface area contributed by atoms with Crippen molar-refractivity contribution < 1.29 is 5.11 Å². The van der Waals surface area contributed by atoms with Gasteiger partial charge in [-0.3, -0.25) is 4.90 Å². The molecular weight excluding hydrogens is 200 g/mol. The number of aliphatic hydroxyl groups is 1. The zero-order valence-corrected chi connectivity index (χ0v) is 10.7. The Bertz CT molecular complexity index is 236. The van der Waals surface area contributed by atoms with Gasteiger partial charge in [0, 0.05) is 24.7 Å². The summed E-state index contributed by atoms with van der Waals surface area (Å²) in [4.78, 5) is 2.60. The summed E-state index contributed by atoms with van der Waals surface area (Å²) >= 11 is 0. The third-order valence-electron chi connectivity index (χ3n) is 4.70. The number of aliphatic hydroxyl groups excluding tert-OH is 1. The SMILES string of the molecule is CC1CN(C2CCCC(N)(CO)C2)CC1C. The molecule has 0 aromatic carbocycles. The summed E-state index contributed by atoms with van der Waals surface area (Å²) in [5, 5.41) is 9.37. The van der Waals surface area contributed by atoms with Gasteiger partial charge in [0.15, 0.2) is 0 Å². The molecule has 2 rings (SSSR count). The molecular formula is C13H26N2O. The van der Waals surface area contributed by atoms with Gasteiger partial charge in [-0.2, -0.15) is 0 Å². The molecule has 94 valence electrons. The van der Waals surface area contributed by atoms with Crippen LogP contribution in [0.5, 0.6) is 0 Å². The molecule has 4 atom stereocenters. The van der Waals surface area contributed by atoms with Crippen molar-refractivity contribution in [2.24, 2.45) is 17.6 Å². The van der Waals surface area contributed by atoms with Crippen molar-refractivity contribution in [2.45, 2.75) is 51.1 Å². The molecule has 0 spiro atoms. The minimum Gasteiger partial charge on any atom is -0.394 e. The molecule has 0 radical (unpaired) electrons. The van der Waals surface area contributed by atoms with Crippen molar-refractivity contribution in [1.82, 2.24) is 4.90 Å². The van der Waals surface area contributed by atoms with Gasteiger partial charge in [0.2, 0.25) is 0 Å². The Labute approximate surface area is 99.0 Å². The van der Waals surface area contributed by atoms with Crippen molar-refractivity contribution in [3.05, 3.63) is 0 Å². The summed E-state index contributed by atoms with van der Waals surface area (Å²) in [6, 6.07) is 0.610. The molecule has 0 bridgehead atoms. The van der Waals surface area contributed by atoms with Crippen molar-refractivity contribution in [2.75, 3.05) is 19.7 Å². The molecule has 1 saturated carbocycles. The minimum absolute atomic E-state index is 0.141. The standard InChI is InChI=1S/C13H26N2O/c1-10-7-15(8-11(10)2)12-4-3-5-13(14,6-12)9-16/h10-12,16H,3-9,14H2,1-2H3. The van der Waals surface area contributed by atoms with E-state index in [9.17, 15) is 5.11 Å². The van der Waals surface area contributed by atoms with Gasteiger partial charge >= 0.3 is 0 Å². The first kappa shape index (κ1) is 12.3. The van der Waals surface area contributed by atoms with Crippen LogP contribution in [0.2, 0.25) is 0 Å². The molecule has 16 heavy (non-hydrogen) atoms. The van der Waals surface area contributed by atoms with Crippen LogP contribution in [0.1, 0.15) is 39.5 Å². The smallest absolute Gasteiger partial charge is 0.0611 e. The molecule has 0 amide bonds. The van der Waals surface area contributed by atoms with Crippen LogP contribution in [0.15, 0.2) is 0 Å². The van der Waals surface area contributed by atoms with Gasteiger partial charge in [0.05, 0.1) is 6.61 Å². The Morgan fingerprint density at radius 3 is 2.50 bits per heavy atom. The van der Waals surface area contributed by atoms with Crippen LogP contribution in [0.4, 0.5) is 0 Å². The summed E-state index contributed by atoms with van der Waals surface area (Å²) in [6.45, 7) is 7.26. The van der Waals surface area contributed by atoms with Crippen LogP contribution >= 0.6 is 0 Å². The number of likely N-dealkylation sites (tertiary alicyclic amines) is 1. The molecule has 1 heterocycles. The Morgan fingerprint density at radius 1 is 1.31 bits per heavy atom. The Morgan fingerprint density at radius 2 is 1.94 bits per heavy atom. The lowest BCUT2D eigenvalue weighted by molar-refractivity contribution is 0.0912. The van der Waals surface area contributed by atoms with Gasteiger partial charge in [-0.1, -0.05) is 13.8 Å². The molecule has 4 unspecified atom stereocenters. The molecule has 3 heteroatoms. The lowest BCUT2D eigenvalue weighted by atomic mass is 9.80. The monoisotopic (exact) mass is 226 g/mol. The van der Waals surface area contributed by atoms with Crippen molar-refractivity contribution in [3.8, 4) is 0 Å². The number of hydrogen-bond acceptors (Lipinski definition) is 3. The highest BCUT2D eigenvalue weighted by Crippen LogP contribution is 2.33. The molecule has 1 saturated heterocycles. The third kappa shape index (κ3) is 2.41. The van der Waals surface area contributed by atoms with Gasteiger partial charge in [0.25, 0.3) is 0 Å². The fourth-order valence-corrected chi connectivity index (χ4v) is 3.29. The van der Waals surface area contributed by atoms with E-state index in [1.165, 1.54) is 25.9 Å². The van der Waals surface area contributed by atoms with Crippen LogP contribution < -0.4 is 5.73 Å². The fraction of sp³-hybridized carbons (Fsp3) is 1.00. The van der Waals surface area contributed by atoms with Crippen LogP contribution in [-0.2, 0) is 0 Å². The van der Waals surface area contributed by atoms with Gasteiger partial charge < -0.3 is 10.8 Å². The van der Waals surface area contributed by atoms with Gasteiger partial charge in [-0.25, -0.2) is 0 Å².